The van der Waals surface area contributed by atoms with E-state index in [1.165, 1.54) is 25.7 Å². The van der Waals surface area contributed by atoms with Crippen molar-refractivity contribution in [2.45, 2.75) is 64.2 Å². The molecule has 0 saturated heterocycles. The lowest BCUT2D eigenvalue weighted by atomic mass is 9.45. The first-order chi connectivity index (χ1) is 8.77. The van der Waals surface area contributed by atoms with Crippen LogP contribution in [0.3, 0.4) is 0 Å². The van der Waals surface area contributed by atoms with Crippen molar-refractivity contribution in [3.05, 3.63) is 0 Å². The largest absolute Gasteiger partial charge is 0.330 e. The Labute approximate surface area is 112 Å². The Morgan fingerprint density at radius 1 is 0.778 bits per heavy atom. The van der Waals surface area contributed by atoms with Gasteiger partial charge in [-0.05, 0) is 106 Å². The second kappa shape index (κ2) is 4.23. The third-order valence-corrected chi connectivity index (χ3v) is 7.13. The van der Waals surface area contributed by atoms with Gasteiger partial charge in [-0.1, -0.05) is 0 Å². The van der Waals surface area contributed by atoms with Crippen molar-refractivity contribution < 1.29 is 0 Å². The van der Waals surface area contributed by atoms with Crippen LogP contribution in [0, 0.1) is 35.0 Å². The first kappa shape index (κ1) is 11.8. The summed E-state index contributed by atoms with van der Waals surface area (Å²) < 4.78 is 0. The Balaban J connectivity index is 1.50. The van der Waals surface area contributed by atoms with Crippen LogP contribution in [0.25, 0.3) is 0 Å². The molecule has 4 bridgehead atoms. The maximum absolute atomic E-state index is 5.85. The molecule has 5 aliphatic carbocycles. The minimum absolute atomic E-state index is 0.814. The third-order valence-electron chi connectivity index (χ3n) is 7.13. The Morgan fingerprint density at radius 2 is 1.28 bits per heavy atom. The van der Waals surface area contributed by atoms with Crippen LogP contribution in [0.4, 0.5) is 0 Å². The molecule has 1 heteroatoms. The molecular weight excluding hydrogens is 218 g/mol. The van der Waals surface area contributed by atoms with E-state index in [1.54, 1.807) is 38.5 Å². The summed E-state index contributed by atoms with van der Waals surface area (Å²) in [5.41, 5.74) is 6.67. The van der Waals surface area contributed by atoms with Gasteiger partial charge in [-0.25, -0.2) is 0 Å². The molecule has 18 heavy (non-hydrogen) atoms. The molecule has 0 radical (unpaired) electrons. The van der Waals surface area contributed by atoms with Gasteiger partial charge < -0.3 is 5.73 Å². The zero-order valence-corrected chi connectivity index (χ0v) is 11.7. The van der Waals surface area contributed by atoms with E-state index in [0.717, 1.165) is 41.5 Å². The fourth-order valence-corrected chi connectivity index (χ4v) is 6.69. The van der Waals surface area contributed by atoms with Gasteiger partial charge in [-0.15, -0.1) is 0 Å². The minimum atomic E-state index is 0.814. The lowest BCUT2D eigenvalue weighted by molar-refractivity contribution is -0.0973. The summed E-state index contributed by atoms with van der Waals surface area (Å²) >= 11 is 0. The molecule has 0 heterocycles. The molecule has 5 rings (SSSR count). The van der Waals surface area contributed by atoms with E-state index >= 15 is 0 Å². The number of hydrogen-bond donors (Lipinski definition) is 1. The molecule has 0 aliphatic heterocycles. The van der Waals surface area contributed by atoms with Gasteiger partial charge in [0.1, 0.15) is 0 Å². The summed E-state index contributed by atoms with van der Waals surface area (Å²) in [4.78, 5) is 0. The summed E-state index contributed by atoms with van der Waals surface area (Å²) in [5.74, 6) is 5.32. The molecule has 0 amide bonds. The van der Waals surface area contributed by atoms with Crippen molar-refractivity contribution in [2.24, 2.45) is 40.7 Å². The normalized spacial score (nSPS) is 54.8. The average molecular weight is 247 g/mol. The van der Waals surface area contributed by atoms with Crippen molar-refractivity contribution in [3.8, 4) is 0 Å². The van der Waals surface area contributed by atoms with Crippen LogP contribution in [-0.4, -0.2) is 6.54 Å². The fraction of sp³-hybridized carbons (Fsp3) is 1.00. The van der Waals surface area contributed by atoms with Crippen LogP contribution in [-0.2, 0) is 0 Å². The smallest absolute Gasteiger partial charge is 0.00489 e. The van der Waals surface area contributed by atoms with Crippen LogP contribution < -0.4 is 5.73 Å². The zero-order chi connectivity index (χ0) is 12.2. The molecule has 0 aromatic carbocycles. The molecule has 2 N–H and O–H groups in total. The first-order valence-corrected chi connectivity index (χ1v) is 8.47. The molecule has 5 saturated carbocycles. The molecular formula is C17H29N. The molecule has 0 aromatic rings. The van der Waals surface area contributed by atoms with Gasteiger partial charge in [0.25, 0.3) is 0 Å². The monoisotopic (exact) mass is 247 g/mol. The van der Waals surface area contributed by atoms with Gasteiger partial charge >= 0.3 is 0 Å². The van der Waals surface area contributed by atoms with Crippen molar-refractivity contribution in [1.82, 2.24) is 0 Å². The molecule has 0 aromatic heterocycles. The Morgan fingerprint density at radius 3 is 1.72 bits per heavy atom. The van der Waals surface area contributed by atoms with Gasteiger partial charge in [0.15, 0.2) is 0 Å². The van der Waals surface area contributed by atoms with E-state index in [9.17, 15) is 0 Å². The molecule has 0 spiro atoms. The van der Waals surface area contributed by atoms with Crippen molar-refractivity contribution in [3.63, 3.8) is 0 Å². The van der Waals surface area contributed by atoms with Crippen molar-refractivity contribution in [1.29, 1.82) is 0 Å². The Hall–Kier alpha value is -0.0400. The molecule has 0 unspecified atom stereocenters. The summed E-state index contributed by atoms with van der Waals surface area (Å²) in [6.45, 7) is 0.938. The topological polar surface area (TPSA) is 26.0 Å². The predicted octanol–water partition coefficient (Wildman–Crippen LogP) is 3.97. The van der Waals surface area contributed by atoms with E-state index in [2.05, 4.69) is 0 Å². The van der Waals surface area contributed by atoms with Crippen LogP contribution >= 0.6 is 0 Å². The minimum Gasteiger partial charge on any atom is -0.330 e. The summed E-state index contributed by atoms with van der Waals surface area (Å²) in [7, 11) is 0. The van der Waals surface area contributed by atoms with E-state index in [1.807, 2.05) is 0 Å². The molecule has 102 valence electrons. The summed E-state index contributed by atoms with van der Waals surface area (Å²) in [5, 5.41) is 0. The van der Waals surface area contributed by atoms with Gasteiger partial charge in [0.2, 0.25) is 0 Å². The fourth-order valence-electron chi connectivity index (χ4n) is 6.69. The molecule has 1 nitrogen and oxygen atoms in total. The van der Waals surface area contributed by atoms with Crippen molar-refractivity contribution >= 4 is 0 Å². The highest BCUT2D eigenvalue weighted by atomic mass is 14.6. The van der Waals surface area contributed by atoms with Gasteiger partial charge in [-0.3, -0.25) is 0 Å². The van der Waals surface area contributed by atoms with E-state index in [0.29, 0.717) is 0 Å². The standard InChI is InChI=1S/C17H29N/c18-11-12-1-3-16(4-2-12)17-8-13-5-14(9-17)7-15(6-13)10-17/h12-16H,1-11,18H2. The van der Waals surface area contributed by atoms with Gasteiger partial charge in [0, 0.05) is 0 Å². The predicted molar refractivity (Wildman–Crippen MR) is 75.1 cm³/mol. The zero-order valence-electron chi connectivity index (χ0n) is 11.7. The average Bonchev–Trinajstić information content (AvgIpc) is 2.37. The van der Waals surface area contributed by atoms with E-state index < -0.39 is 0 Å². The Kier molecular flexibility index (Phi) is 2.76. The van der Waals surface area contributed by atoms with E-state index in [4.69, 9.17) is 5.73 Å². The first-order valence-electron chi connectivity index (χ1n) is 8.47. The molecule has 5 aliphatic rings. The highest BCUT2D eigenvalue weighted by Gasteiger charge is 2.54. The van der Waals surface area contributed by atoms with Crippen molar-refractivity contribution in [2.75, 3.05) is 6.54 Å². The quantitative estimate of drug-likeness (QED) is 0.785. The number of nitrogens with two attached hydrogens (primary N) is 1. The highest BCUT2D eigenvalue weighted by Crippen LogP contribution is 2.64. The van der Waals surface area contributed by atoms with Gasteiger partial charge in [0.05, 0.1) is 0 Å². The van der Waals surface area contributed by atoms with E-state index in [-0.39, 0.29) is 0 Å². The third kappa shape index (κ3) is 1.77. The summed E-state index contributed by atoms with van der Waals surface area (Å²) in [6, 6.07) is 0. The lowest BCUT2D eigenvalue weighted by Gasteiger charge is -2.60. The highest BCUT2D eigenvalue weighted by molar-refractivity contribution is 5.04. The lowest BCUT2D eigenvalue weighted by Crippen LogP contribution is -2.50. The Bertz CT molecular complexity index is 278. The van der Waals surface area contributed by atoms with Crippen LogP contribution in [0.1, 0.15) is 64.2 Å². The SMILES string of the molecule is NCC1CCC(C23CC4CC(CC(C4)C2)C3)CC1. The van der Waals surface area contributed by atoms with Crippen LogP contribution in [0.15, 0.2) is 0 Å². The van der Waals surface area contributed by atoms with Crippen LogP contribution in [0.2, 0.25) is 0 Å². The van der Waals surface area contributed by atoms with Gasteiger partial charge in [-0.2, -0.15) is 0 Å². The second-order valence-electron chi connectivity index (χ2n) is 8.23. The number of hydrogen-bond acceptors (Lipinski definition) is 1. The maximum Gasteiger partial charge on any atom is -0.00489 e. The second-order valence-corrected chi connectivity index (χ2v) is 8.23. The van der Waals surface area contributed by atoms with Crippen LogP contribution in [0.5, 0.6) is 0 Å². The molecule has 5 fully saturated rings. The maximum atomic E-state index is 5.85. The number of rotatable bonds is 2. The molecule has 0 atom stereocenters. The summed E-state index contributed by atoms with van der Waals surface area (Å²) in [6.07, 6.45) is 15.5.